The van der Waals surface area contributed by atoms with Gasteiger partial charge in [0, 0.05) is 18.1 Å². The SMILES string of the molecule is COC(=O)CCn1ccc2c(OCc3ccccc3)cccc21. The van der Waals surface area contributed by atoms with E-state index >= 15 is 0 Å². The van der Waals surface area contributed by atoms with Crippen LogP contribution in [0.2, 0.25) is 0 Å². The molecule has 2 aromatic carbocycles. The summed E-state index contributed by atoms with van der Waals surface area (Å²) in [7, 11) is 1.41. The second-order valence-electron chi connectivity index (χ2n) is 5.30. The number of esters is 1. The second-order valence-corrected chi connectivity index (χ2v) is 5.30. The summed E-state index contributed by atoms with van der Waals surface area (Å²) in [6, 6.07) is 18.1. The summed E-state index contributed by atoms with van der Waals surface area (Å²) in [6.45, 7) is 1.13. The molecule has 0 atom stereocenters. The van der Waals surface area contributed by atoms with Crippen molar-refractivity contribution in [1.82, 2.24) is 4.57 Å². The molecule has 0 fully saturated rings. The predicted molar refractivity (Wildman–Crippen MR) is 89.3 cm³/mol. The minimum absolute atomic E-state index is 0.205. The molecule has 0 radical (unpaired) electrons. The molecule has 0 saturated carbocycles. The van der Waals surface area contributed by atoms with Crippen LogP contribution < -0.4 is 4.74 Å². The molecule has 0 unspecified atom stereocenters. The van der Waals surface area contributed by atoms with E-state index in [1.807, 2.05) is 65.4 Å². The van der Waals surface area contributed by atoms with Gasteiger partial charge in [-0.05, 0) is 23.8 Å². The van der Waals surface area contributed by atoms with Gasteiger partial charge in [-0.25, -0.2) is 0 Å². The summed E-state index contributed by atoms with van der Waals surface area (Å²) in [6.07, 6.45) is 2.33. The van der Waals surface area contributed by atoms with Gasteiger partial charge in [0.25, 0.3) is 0 Å². The molecule has 4 heteroatoms. The van der Waals surface area contributed by atoms with E-state index in [9.17, 15) is 4.79 Å². The molecule has 0 saturated heterocycles. The molecule has 3 aromatic rings. The van der Waals surface area contributed by atoms with Crippen LogP contribution in [0.3, 0.4) is 0 Å². The molecule has 0 aliphatic carbocycles. The molecule has 3 rings (SSSR count). The summed E-state index contributed by atoms with van der Waals surface area (Å²) in [5.41, 5.74) is 2.19. The van der Waals surface area contributed by atoms with Gasteiger partial charge in [-0.2, -0.15) is 0 Å². The van der Waals surface area contributed by atoms with E-state index in [2.05, 4.69) is 0 Å². The molecule has 118 valence electrons. The quantitative estimate of drug-likeness (QED) is 0.651. The van der Waals surface area contributed by atoms with Gasteiger partial charge in [0.05, 0.1) is 19.0 Å². The number of hydrogen-bond acceptors (Lipinski definition) is 3. The van der Waals surface area contributed by atoms with E-state index in [0.29, 0.717) is 19.6 Å². The smallest absolute Gasteiger partial charge is 0.307 e. The van der Waals surface area contributed by atoms with Crippen LogP contribution in [0.5, 0.6) is 5.75 Å². The van der Waals surface area contributed by atoms with Crippen molar-refractivity contribution in [2.24, 2.45) is 0 Å². The third kappa shape index (κ3) is 3.54. The number of aryl methyl sites for hydroxylation is 1. The van der Waals surface area contributed by atoms with Crippen LogP contribution in [0, 0.1) is 0 Å². The Labute approximate surface area is 135 Å². The summed E-state index contributed by atoms with van der Waals surface area (Å²) in [4.78, 5) is 11.3. The van der Waals surface area contributed by atoms with Crippen molar-refractivity contribution in [2.75, 3.05) is 7.11 Å². The van der Waals surface area contributed by atoms with Gasteiger partial charge in [-0.1, -0.05) is 36.4 Å². The highest BCUT2D eigenvalue weighted by Gasteiger charge is 2.08. The van der Waals surface area contributed by atoms with Crippen LogP contribution in [0.15, 0.2) is 60.8 Å². The van der Waals surface area contributed by atoms with Crippen molar-refractivity contribution >= 4 is 16.9 Å². The van der Waals surface area contributed by atoms with Crippen molar-refractivity contribution in [3.63, 3.8) is 0 Å². The molecule has 1 heterocycles. The number of carbonyl (C=O) groups excluding carboxylic acids is 1. The van der Waals surface area contributed by atoms with Crippen molar-refractivity contribution in [3.05, 3.63) is 66.4 Å². The molecule has 0 N–H and O–H groups in total. The minimum atomic E-state index is -0.205. The lowest BCUT2D eigenvalue weighted by molar-refractivity contribution is -0.140. The largest absolute Gasteiger partial charge is 0.488 e. The molecule has 0 amide bonds. The van der Waals surface area contributed by atoms with E-state index in [4.69, 9.17) is 9.47 Å². The number of hydrogen-bond donors (Lipinski definition) is 0. The Morgan fingerprint density at radius 1 is 1.04 bits per heavy atom. The van der Waals surface area contributed by atoms with Crippen LogP contribution in [0.4, 0.5) is 0 Å². The van der Waals surface area contributed by atoms with Gasteiger partial charge in [0.1, 0.15) is 12.4 Å². The Balaban J connectivity index is 1.77. The van der Waals surface area contributed by atoms with E-state index in [-0.39, 0.29) is 5.97 Å². The minimum Gasteiger partial charge on any atom is -0.488 e. The average molecular weight is 309 g/mol. The van der Waals surface area contributed by atoms with Crippen molar-refractivity contribution in [1.29, 1.82) is 0 Å². The normalized spacial score (nSPS) is 10.7. The number of rotatable bonds is 6. The summed E-state index contributed by atoms with van der Waals surface area (Å²) < 4.78 is 12.7. The van der Waals surface area contributed by atoms with Gasteiger partial charge in [-0.15, -0.1) is 0 Å². The Hall–Kier alpha value is -2.75. The van der Waals surface area contributed by atoms with E-state index < -0.39 is 0 Å². The molecular formula is C19H19NO3. The molecule has 0 spiro atoms. The molecule has 23 heavy (non-hydrogen) atoms. The third-order valence-corrected chi connectivity index (χ3v) is 3.80. The fourth-order valence-electron chi connectivity index (χ4n) is 2.57. The van der Waals surface area contributed by atoms with Gasteiger partial charge >= 0.3 is 5.97 Å². The lowest BCUT2D eigenvalue weighted by Crippen LogP contribution is -2.06. The van der Waals surface area contributed by atoms with Crippen LogP contribution in [-0.2, 0) is 22.7 Å². The Bertz CT molecular complexity index is 793. The number of methoxy groups -OCH3 is 1. The van der Waals surface area contributed by atoms with E-state index in [0.717, 1.165) is 22.2 Å². The first-order chi connectivity index (χ1) is 11.3. The van der Waals surface area contributed by atoms with E-state index in [1.54, 1.807) is 0 Å². The van der Waals surface area contributed by atoms with Gasteiger partial charge in [0.2, 0.25) is 0 Å². The standard InChI is InChI=1S/C19H19NO3/c1-22-19(21)11-13-20-12-10-16-17(20)8-5-9-18(16)23-14-15-6-3-2-4-7-15/h2-10,12H,11,13-14H2,1H3. The monoisotopic (exact) mass is 309 g/mol. The zero-order valence-electron chi connectivity index (χ0n) is 13.1. The second kappa shape index (κ2) is 7.01. The number of nitrogens with zero attached hydrogens (tertiary/aromatic N) is 1. The summed E-state index contributed by atoms with van der Waals surface area (Å²) in [5.74, 6) is 0.645. The van der Waals surface area contributed by atoms with Crippen LogP contribution >= 0.6 is 0 Å². The zero-order chi connectivity index (χ0) is 16.1. The lowest BCUT2D eigenvalue weighted by Gasteiger charge is -2.09. The third-order valence-electron chi connectivity index (χ3n) is 3.80. The zero-order valence-corrected chi connectivity index (χ0v) is 13.1. The lowest BCUT2D eigenvalue weighted by atomic mass is 10.2. The summed E-state index contributed by atoms with van der Waals surface area (Å²) in [5, 5.41) is 1.05. The van der Waals surface area contributed by atoms with Crippen LogP contribution in [0.1, 0.15) is 12.0 Å². The molecule has 0 aliphatic rings. The Morgan fingerprint density at radius 2 is 1.87 bits per heavy atom. The van der Waals surface area contributed by atoms with Crippen molar-refractivity contribution in [2.45, 2.75) is 19.6 Å². The van der Waals surface area contributed by atoms with Crippen LogP contribution in [0.25, 0.3) is 10.9 Å². The van der Waals surface area contributed by atoms with Gasteiger partial charge in [-0.3, -0.25) is 4.79 Å². The number of benzene rings is 2. The molecule has 0 bridgehead atoms. The number of aromatic nitrogens is 1. The maximum atomic E-state index is 11.3. The number of fused-ring (bicyclic) bond motifs is 1. The highest BCUT2D eigenvalue weighted by molar-refractivity contribution is 5.86. The molecule has 1 aromatic heterocycles. The molecule has 0 aliphatic heterocycles. The highest BCUT2D eigenvalue weighted by atomic mass is 16.5. The summed E-state index contributed by atoms with van der Waals surface area (Å²) >= 11 is 0. The average Bonchev–Trinajstić information content (AvgIpc) is 3.02. The Kier molecular flexibility index (Phi) is 4.62. The first-order valence-electron chi connectivity index (χ1n) is 7.59. The molecule has 4 nitrogen and oxygen atoms in total. The topological polar surface area (TPSA) is 40.5 Å². The van der Waals surface area contributed by atoms with Gasteiger partial charge in [0.15, 0.2) is 0 Å². The van der Waals surface area contributed by atoms with Gasteiger partial charge < -0.3 is 14.0 Å². The Morgan fingerprint density at radius 3 is 2.65 bits per heavy atom. The fraction of sp³-hybridized carbons (Fsp3) is 0.211. The first kappa shape index (κ1) is 15.2. The van der Waals surface area contributed by atoms with Crippen molar-refractivity contribution in [3.8, 4) is 5.75 Å². The fourth-order valence-corrected chi connectivity index (χ4v) is 2.57. The van der Waals surface area contributed by atoms with Crippen molar-refractivity contribution < 1.29 is 14.3 Å². The molecular weight excluding hydrogens is 290 g/mol. The predicted octanol–water partition coefficient (Wildman–Crippen LogP) is 3.78. The number of ether oxygens (including phenoxy) is 2. The van der Waals surface area contributed by atoms with E-state index in [1.165, 1.54) is 7.11 Å². The maximum Gasteiger partial charge on any atom is 0.307 e. The maximum absolute atomic E-state index is 11.3. The van der Waals surface area contributed by atoms with Crippen LogP contribution in [-0.4, -0.2) is 17.6 Å². The number of carbonyl (C=O) groups is 1. The highest BCUT2D eigenvalue weighted by Crippen LogP contribution is 2.27. The first-order valence-corrected chi connectivity index (χ1v) is 7.59.